The van der Waals surface area contributed by atoms with Gasteiger partial charge in [0.1, 0.15) is 19.3 Å². The number of amides is 1. The Bertz CT molecular complexity index is 1170. The zero-order chi connectivity index (χ0) is 29.4. The second-order valence-electron chi connectivity index (χ2n) is 10.4. The third kappa shape index (κ3) is 9.86. The molecular weight excluding hydrogens is 561 g/mol. The second kappa shape index (κ2) is 15.2. The molecule has 2 atom stereocenters. The normalized spacial score (nSPS) is 17.8. The first kappa shape index (κ1) is 33.1. The quantitative estimate of drug-likeness (QED) is 0.323. The number of unbranched alkanes of at least 4 members (excludes halogenated alkanes) is 1. The standard InChI is InChI=1S/C25H34N4O5.C2HF3O2.CH4/c30-22(5-1-2-6-23-27-25(28-34-23)17-7-8-17)26-19(16-29-11-3-4-12-29)24(31)18-9-10-20-21(15-18)33-14-13-32-20;3-2(4,5)1(6)7;/h9-10,15,17,19,24,31H,1-8,11-14,16H2,(H,26,30);(H,6,7);1H4/t19-,24-;;/m1../s1. The lowest BCUT2D eigenvalue weighted by Gasteiger charge is -2.29. The van der Waals surface area contributed by atoms with Gasteiger partial charge in [0.05, 0.1) is 6.04 Å². The Morgan fingerprint density at radius 1 is 1.10 bits per heavy atom. The van der Waals surface area contributed by atoms with Gasteiger partial charge in [-0.25, -0.2) is 4.79 Å². The first-order valence-corrected chi connectivity index (χ1v) is 13.8. The molecule has 2 fully saturated rings. The van der Waals surface area contributed by atoms with Gasteiger partial charge >= 0.3 is 12.1 Å². The van der Waals surface area contributed by atoms with Crippen LogP contribution in [-0.2, 0) is 16.0 Å². The summed E-state index contributed by atoms with van der Waals surface area (Å²) in [5.74, 6) is 0.482. The summed E-state index contributed by atoms with van der Waals surface area (Å²) in [6.07, 6.45) is 1.30. The number of aromatic nitrogens is 2. The highest BCUT2D eigenvalue weighted by Gasteiger charge is 2.38. The number of alkyl halides is 3. The third-order valence-electron chi connectivity index (χ3n) is 7.00. The van der Waals surface area contributed by atoms with Crippen LogP contribution in [0, 0.1) is 0 Å². The molecule has 1 saturated heterocycles. The summed E-state index contributed by atoms with van der Waals surface area (Å²) >= 11 is 0. The number of benzene rings is 1. The highest BCUT2D eigenvalue weighted by Crippen LogP contribution is 2.38. The molecule has 1 amide bonds. The molecule has 2 aromatic rings. The molecule has 1 aromatic carbocycles. The molecule has 0 radical (unpaired) electrons. The Hall–Kier alpha value is -3.39. The van der Waals surface area contributed by atoms with Gasteiger partial charge in [0, 0.05) is 25.3 Å². The lowest BCUT2D eigenvalue weighted by atomic mass is 10.0. The maximum Gasteiger partial charge on any atom is 0.490 e. The molecular formula is C28H39F3N4O7. The van der Waals surface area contributed by atoms with E-state index in [1.807, 2.05) is 18.2 Å². The summed E-state index contributed by atoms with van der Waals surface area (Å²) in [5, 5.41) is 25.5. The molecule has 11 nitrogen and oxygen atoms in total. The van der Waals surface area contributed by atoms with Crippen molar-refractivity contribution < 1.29 is 47.0 Å². The summed E-state index contributed by atoms with van der Waals surface area (Å²) in [4.78, 5) is 28.4. The molecule has 3 heterocycles. The monoisotopic (exact) mass is 600 g/mol. The predicted molar refractivity (Wildman–Crippen MR) is 144 cm³/mol. The number of ether oxygens (including phenoxy) is 2. The molecule has 2 aliphatic heterocycles. The Morgan fingerprint density at radius 2 is 1.76 bits per heavy atom. The summed E-state index contributed by atoms with van der Waals surface area (Å²) in [7, 11) is 0. The zero-order valence-electron chi connectivity index (χ0n) is 22.6. The van der Waals surface area contributed by atoms with Gasteiger partial charge in [0.25, 0.3) is 0 Å². The number of hydrogen-bond acceptors (Lipinski definition) is 9. The largest absolute Gasteiger partial charge is 0.490 e. The van der Waals surface area contributed by atoms with Crippen LogP contribution in [0.15, 0.2) is 22.7 Å². The van der Waals surface area contributed by atoms with E-state index in [2.05, 4.69) is 20.4 Å². The zero-order valence-corrected chi connectivity index (χ0v) is 22.6. The molecule has 0 unspecified atom stereocenters. The average Bonchev–Trinajstić information content (AvgIpc) is 3.46. The van der Waals surface area contributed by atoms with Gasteiger partial charge in [0.2, 0.25) is 11.8 Å². The van der Waals surface area contributed by atoms with E-state index in [0.717, 1.165) is 63.0 Å². The predicted octanol–water partition coefficient (Wildman–Crippen LogP) is 4.01. The van der Waals surface area contributed by atoms with Crippen molar-refractivity contribution in [3.63, 3.8) is 0 Å². The number of aliphatic hydroxyl groups is 1. The van der Waals surface area contributed by atoms with Crippen molar-refractivity contribution in [1.29, 1.82) is 0 Å². The highest BCUT2D eigenvalue weighted by atomic mass is 19.4. The number of carbonyl (C=O) groups is 2. The summed E-state index contributed by atoms with van der Waals surface area (Å²) in [5.41, 5.74) is 0.719. The minimum absolute atomic E-state index is 0. The van der Waals surface area contributed by atoms with Crippen molar-refractivity contribution >= 4 is 11.9 Å². The van der Waals surface area contributed by atoms with Gasteiger partial charge in [-0.05, 0) is 69.3 Å². The minimum Gasteiger partial charge on any atom is -0.486 e. The van der Waals surface area contributed by atoms with Gasteiger partial charge in [-0.15, -0.1) is 0 Å². The lowest BCUT2D eigenvalue weighted by Crippen LogP contribution is -2.46. The summed E-state index contributed by atoms with van der Waals surface area (Å²) in [6.45, 7) is 3.62. The summed E-state index contributed by atoms with van der Waals surface area (Å²) < 4.78 is 48.3. The lowest BCUT2D eigenvalue weighted by molar-refractivity contribution is -0.192. The molecule has 3 aliphatic rings. The number of aliphatic carboxylic acids is 1. The van der Waals surface area contributed by atoms with Crippen LogP contribution < -0.4 is 14.8 Å². The van der Waals surface area contributed by atoms with Crippen LogP contribution in [0.25, 0.3) is 0 Å². The van der Waals surface area contributed by atoms with Crippen molar-refractivity contribution in [2.24, 2.45) is 0 Å². The first-order chi connectivity index (χ1) is 19.6. The molecule has 42 heavy (non-hydrogen) atoms. The molecule has 1 aliphatic carbocycles. The van der Waals surface area contributed by atoms with Crippen LogP contribution in [0.1, 0.15) is 81.7 Å². The van der Waals surface area contributed by atoms with E-state index in [0.29, 0.717) is 55.9 Å². The number of likely N-dealkylation sites (tertiary alicyclic amines) is 1. The van der Waals surface area contributed by atoms with E-state index in [1.54, 1.807) is 0 Å². The number of carbonyl (C=O) groups excluding carboxylic acids is 1. The fourth-order valence-electron chi connectivity index (χ4n) is 4.66. The van der Waals surface area contributed by atoms with Crippen LogP contribution in [0.2, 0.25) is 0 Å². The number of nitrogens with zero attached hydrogens (tertiary/aromatic N) is 3. The maximum atomic E-state index is 12.8. The summed E-state index contributed by atoms with van der Waals surface area (Å²) in [6, 6.07) is 5.10. The molecule has 1 aromatic heterocycles. The molecule has 14 heteroatoms. The minimum atomic E-state index is -5.08. The average molecular weight is 601 g/mol. The van der Waals surface area contributed by atoms with Crippen LogP contribution in [0.5, 0.6) is 11.5 Å². The number of carboxylic acids is 1. The van der Waals surface area contributed by atoms with Crippen LogP contribution >= 0.6 is 0 Å². The molecule has 0 bridgehead atoms. The van der Waals surface area contributed by atoms with E-state index in [9.17, 15) is 23.1 Å². The van der Waals surface area contributed by atoms with E-state index >= 15 is 0 Å². The van der Waals surface area contributed by atoms with Crippen LogP contribution in [0.4, 0.5) is 13.2 Å². The van der Waals surface area contributed by atoms with Gasteiger partial charge in [-0.2, -0.15) is 18.2 Å². The number of halogens is 3. The van der Waals surface area contributed by atoms with Gasteiger partial charge < -0.3 is 34.4 Å². The second-order valence-corrected chi connectivity index (χ2v) is 10.4. The van der Waals surface area contributed by atoms with Crippen molar-refractivity contribution in [2.75, 3.05) is 32.8 Å². The molecule has 234 valence electrons. The maximum absolute atomic E-state index is 12.8. The molecule has 0 spiro atoms. The Balaban J connectivity index is 0.000000541. The molecule has 1 saturated carbocycles. The van der Waals surface area contributed by atoms with E-state index in [4.69, 9.17) is 23.9 Å². The number of carboxylic acid groups (broad SMARTS) is 1. The molecule has 3 N–H and O–H groups in total. The van der Waals surface area contributed by atoms with E-state index in [1.165, 1.54) is 0 Å². The van der Waals surface area contributed by atoms with Crippen LogP contribution in [-0.4, -0.2) is 82.2 Å². The number of rotatable bonds is 11. The highest BCUT2D eigenvalue weighted by molar-refractivity contribution is 5.76. The Labute approximate surface area is 242 Å². The van der Waals surface area contributed by atoms with Crippen molar-refractivity contribution in [1.82, 2.24) is 20.4 Å². The SMILES string of the molecule is C.O=C(CCCCc1nc(C2CC2)no1)N[C@H](CN1CCCC1)[C@H](O)c1ccc2c(c1)OCCO2.O=C(O)C(F)(F)F. The van der Waals surface area contributed by atoms with Crippen molar-refractivity contribution in [2.45, 2.75) is 83.0 Å². The van der Waals surface area contributed by atoms with Gasteiger partial charge in [0.15, 0.2) is 17.3 Å². The number of aliphatic hydroxyl groups excluding tert-OH is 1. The van der Waals surface area contributed by atoms with Crippen molar-refractivity contribution in [3.05, 3.63) is 35.5 Å². The van der Waals surface area contributed by atoms with Gasteiger partial charge in [-0.1, -0.05) is 18.6 Å². The topological polar surface area (TPSA) is 147 Å². The van der Waals surface area contributed by atoms with Crippen molar-refractivity contribution in [3.8, 4) is 11.5 Å². The van der Waals surface area contributed by atoms with E-state index < -0.39 is 24.3 Å². The number of hydrogen-bond donors (Lipinski definition) is 3. The van der Waals surface area contributed by atoms with Crippen LogP contribution in [0.3, 0.4) is 0 Å². The Kier molecular flexibility index (Phi) is 12.0. The first-order valence-electron chi connectivity index (χ1n) is 13.8. The number of nitrogens with one attached hydrogen (secondary N) is 1. The fraction of sp³-hybridized carbons (Fsp3) is 0.643. The van der Waals surface area contributed by atoms with E-state index in [-0.39, 0.29) is 13.3 Å². The smallest absolute Gasteiger partial charge is 0.486 e. The number of fused-ring (bicyclic) bond motifs is 1. The van der Waals surface area contributed by atoms with Gasteiger partial charge in [-0.3, -0.25) is 4.79 Å². The number of aryl methyl sites for hydroxylation is 1. The third-order valence-corrected chi connectivity index (χ3v) is 7.00. The Morgan fingerprint density at radius 3 is 2.40 bits per heavy atom. The molecule has 5 rings (SSSR count). The fourth-order valence-corrected chi connectivity index (χ4v) is 4.66.